The number of carbonyl (C=O) groups excluding carboxylic acids is 1. The van der Waals surface area contributed by atoms with Crippen LogP contribution in [-0.2, 0) is 21.2 Å². The van der Waals surface area contributed by atoms with Crippen molar-refractivity contribution in [1.29, 1.82) is 0 Å². The molecule has 8 heteroatoms. The Balaban J connectivity index is 1.58. The van der Waals surface area contributed by atoms with E-state index in [1.54, 1.807) is 47.8 Å². The highest BCUT2D eigenvalue weighted by atomic mass is 35.5. The molecule has 3 rings (SSSR count). The van der Waals surface area contributed by atoms with Gasteiger partial charge in [-0.3, -0.25) is 9.52 Å². The fourth-order valence-corrected chi connectivity index (χ4v) is 4.90. The molecule has 0 aliphatic heterocycles. The first-order valence-corrected chi connectivity index (χ1v) is 11.3. The summed E-state index contributed by atoms with van der Waals surface area (Å²) in [4.78, 5) is 12.3. The van der Waals surface area contributed by atoms with E-state index >= 15 is 0 Å². The van der Waals surface area contributed by atoms with E-state index in [4.69, 9.17) is 11.6 Å². The lowest BCUT2D eigenvalue weighted by Crippen LogP contribution is -2.28. The lowest BCUT2D eigenvalue weighted by molar-refractivity contribution is -0.121. The summed E-state index contributed by atoms with van der Waals surface area (Å²) in [6.07, 6.45) is 0.197. The molecule has 1 amide bonds. The van der Waals surface area contributed by atoms with Crippen molar-refractivity contribution in [2.45, 2.75) is 23.6 Å². The van der Waals surface area contributed by atoms with Gasteiger partial charge in [-0.15, -0.1) is 11.3 Å². The fraction of sp³-hybridized carbons (Fsp3) is 0.150. The van der Waals surface area contributed by atoms with Gasteiger partial charge in [0.1, 0.15) is 4.21 Å². The maximum Gasteiger partial charge on any atom is 0.271 e. The van der Waals surface area contributed by atoms with Crippen LogP contribution in [0.25, 0.3) is 0 Å². The molecular formula is C20H19ClN2O3S2. The molecule has 28 heavy (non-hydrogen) atoms. The van der Waals surface area contributed by atoms with Crippen LogP contribution in [0.5, 0.6) is 0 Å². The van der Waals surface area contributed by atoms with Gasteiger partial charge in [-0.05, 0) is 53.8 Å². The van der Waals surface area contributed by atoms with Gasteiger partial charge in [-0.25, -0.2) is 8.42 Å². The van der Waals surface area contributed by atoms with Crippen LogP contribution < -0.4 is 10.0 Å². The van der Waals surface area contributed by atoms with E-state index in [1.165, 1.54) is 0 Å². The number of amides is 1. The summed E-state index contributed by atoms with van der Waals surface area (Å²) in [6, 6.07) is 17.2. The largest absolute Gasteiger partial charge is 0.349 e. The van der Waals surface area contributed by atoms with Crippen LogP contribution in [0.3, 0.4) is 0 Å². The smallest absolute Gasteiger partial charge is 0.271 e. The quantitative estimate of drug-likeness (QED) is 0.569. The van der Waals surface area contributed by atoms with Crippen LogP contribution in [-0.4, -0.2) is 14.3 Å². The van der Waals surface area contributed by atoms with Crippen LogP contribution in [0.15, 0.2) is 70.3 Å². The lowest BCUT2D eigenvalue weighted by Gasteiger charge is -2.15. The minimum atomic E-state index is -3.58. The van der Waals surface area contributed by atoms with E-state index in [9.17, 15) is 13.2 Å². The molecule has 1 unspecified atom stereocenters. The molecule has 3 aromatic rings. The van der Waals surface area contributed by atoms with E-state index in [0.717, 1.165) is 22.5 Å². The molecule has 146 valence electrons. The lowest BCUT2D eigenvalue weighted by atomic mass is 10.1. The summed E-state index contributed by atoms with van der Waals surface area (Å²) in [5, 5.41) is 5.27. The van der Waals surface area contributed by atoms with Gasteiger partial charge in [0.05, 0.1) is 12.5 Å². The molecule has 0 aliphatic carbocycles. The van der Waals surface area contributed by atoms with Crippen LogP contribution in [0.1, 0.15) is 24.1 Å². The number of benzene rings is 2. The van der Waals surface area contributed by atoms with Gasteiger partial charge in [-0.2, -0.15) is 0 Å². The first-order chi connectivity index (χ1) is 13.3. The highest BCUT2D eigenvalue weighted by Crippen LogP contribution is 2.21. The van der Waals surface area contributed by atoms with Gasteiger partial charge in [0.15, 0.2) is 0 Å². The number of halogens is 1. The van der Waals surface area contributed by atoms with Crippen LogP contribution >= 0.6 is 22.9 Å². The Bertz CT molecular complexity index is 1050. The molecule has 0 saturated carbocycles. The third-order valence-corrected chi connectivity index (χ3v) is 7.07. The SMILES string of the molecule is CC(NC(=O)Cc1ccc(NS(=O)(=O)c2cccs2)cc1)c1cccc(Cl)c1. The molecule has 0 radical (unpaired) electrons. The minimum Gasteiger partial charge on any atom is -0.349 e. The molecule has 0 bridgehead atoms. The summed E-state index contributed by atoms with van der Waals surface area (Å²) in [5.74, 6) is -0.126. The van der Waals surface area contributed by atoms with Crippen LogP contribution in [0, 0.1) is 0 Å². The second-order valence-corrected chi connectivity index (χ2v) is 9.55. The summed E-state index contributed by atoms with van der Waals surface area (Å²) in [5.41, 5.74) is 2.17. The molecule has 0 spiro atoms. The molecular weight excluding hydrogens is 416 g/mol. The molecule has 0 saturated heterocycles. The molecule has 0 fully saturated rings. The van der Waals surface area contributed by atoms with Crippen molar-refractivity contribution in [3.8, 4) is 0 Å². The standard InChI is InChI=1S/C20H19ClN2O3S2/c1-14(16-4-2-5-17(21)13-16)22-19(24)12-15-7-9-18(10-8-15)23-28(25,26)20-6-3-11-27-20/h2-11,13-14,23H,12H2,1H3,(H,22,24). The number of sulfonamides is 1. The zero-order valence-electron chi connectivity index (χ0n) is 15.1. The molecule has 0 aliphatic rings. The summed E-state index contributed by atoms with van der Waals surface area (Å²) >= 11 is 7.14. The van der Waals surface area contributed by atoms with Crippen LogP contribution in [0.2, 0.25) is 5.02 Å². The normalized spacial score (nSPS) is 12.4. The van der Waals surface area contributed by atoms with Crippen molar-refractivity contribution >= 4 is 44.6 Å². The Kier molecular flexibility index (Phi) is 6.39. The summed E-state index contributed by atoms with van der Waals surface area (Å²) in [7, 11) is -3.58. The number of rotatable bonds is 7. The van der Waals surface area contributed by atoms with Gasteiger partial charge in [0.2, 0.25) is 5.91 Å². The van der Waals surface area contributed by atoms with Gasteiger partial charge in [0, 0.05) is 10.7 Å². The Labute approximate surface area is 173 Å². The highest BCUT2D eigenvalue weighted by Gasteiger charge is 2.15. The number of hydrogen-bond acceptors (Lipinski definition) is 4. The van der Waals surface area contributed by atoms with Crippen molar-refractivity contribution in [2.75, 3.05) is 4.72 Å². The predicted octanol–water partition coefficient (Wildman–Crippen LogP) is 4.62. The zero-order valence-corrected chi connectivity index (χ0v) is 17.4. The zero-order chi connectivity index (χ0) is 20.1. The van der Waals surface area contributed by atoms with Crippen molar-refractivity contribution in [3.63, 3.8) is 0 Å². The Morgan fingerprint density at radius 1 is 1.11 bits per heavy atom. The number of anilines is 1. The Morgan fingerprint density at radius 2 is 1.86 bits per heavy atom. The minimum absolute atomic E-state index is 0.126. The third kappa shape index (κ3) is 5.34. The van der Waals surface area contributed by atoms with E-state index < -0.39 is 10.0 Å². The van der Waals surface area contributed by atoms with Gasteiger partial charge >= 0.3 is 0 Å². The van der Waals surface area contributed by atoms with E-state index in [0.29, 0.717) is 10.7 Å². The van der Waals surface area contributed by atoms with Crippen molar-refractivity contribution in [1.82, 2.24) is 5.32 Å². The number of thiophene rings is 1. The summed E-state index contributed by atoms with van der Waals surface area (Å²) in [6.45, 7) is 1.89. The topological polar surface area (TPSA) is 75.3 Å². The first-order valence-electron chi connectivity index (χ1n) is 8.53. The maximum atomic E-state index is 12.3. The molecule has 5 nitrogen and oxygen atoms in total. The van der Waals surface area contributed by atoms with Gasteiger partial charge in [0.25, 0.3) is 10.0 Å². The second kappa shape index (κ2) is 8.77. The average Bonchev–Trinajstić information content (AvgIpc) is 3.19. The van der Waals surface area contributed by atoms with E-state index in [2.05, 4.69) is 10.0 Å². The molecule has 2 aromatic carbocycles. The number of nitrogens with one attached hydrogen (secondary N) is 2. The number of hydrogen-bond donors (Lipinski definition) is 2. The maximum absolute atomic E-state index is 12.3. The highest BCUT2D eigenvalue weighted by molar-refractivity contribution is 7.94. The molecule has 1 aromatic heterocycles. The van der Waals surface area contributed by atoms with E-state index in [1.807, 2.05) is 25.1 Å². The molecule has 2 N–H and O–H groups in total. The molecule has 1 heterocycles. The molecule has 1 atom stereocenters. The van der Waals surface area contributed by atoms with Gasteiger partial charge in [-0.1, -0.05) is 41.9 Å². The van der Waals surface area contributed by atoms with E-state index in [-0.39, 0.29) is 22.6 Å². The number of carbonyl (C=O) groups is 1. The average molecular weight is 435 g/mol. The Morgan fingerprint density at radius 3 is 2.50 bits per heavy atom. The first kappa shape index (κ1) is 20.4. The van der Waals surface area contributed by atoms with Crippen molar-refractivity contribution in [3.05, 3.63) is 82.2 Å². The van der Waals surface area contributed by atoms with Gasteiger partial charge < -0.3 is 5.32 Å². The monoisotopic (exact) mass is 434 g/mol. The fourth-order valence-electron chi connectivity index (χ4n) is 2.65. The van der Waals surface area contributed by atoms with Crippen molar-refractivity contribution < 1.29 is 13.2 Å². The predicted molar refractivity (Wildman–Crippen MR) is 113 cm³/mol. The third-order valence-electron chi connectivity index (χ3n) is 4.06. The second-order valence-electron chi connectivity index (χ2n) is 6.26. The van der Waals surface area contributed by atoms with Crippen molar-refractivity contribution in [2.24, 2.45) is 0 Å². The summed E-state index contributed by atoms with van der Waals surface area (Å²) < 4.78 is 27.2. The van der Waals surface area contributed by atoms with Crippen LogP contribution in [0.4, 0.5) is 5.69 Å². The Hall–Kier alpha value is -2.35.